The van der Waals surface area contributed by atoms with Gasteiger partial charge in [-0.05, 0) is 76.1 Å². The van der Waals surface area contributed by atoms with Crippen molar-refractivity contribution in [3.63, 3.8) is 0 Å². The van der Waals surface area contributed by atoms with E-state index in [4.69, 9.17) is 11.6 Å². The zero-order valence-corrected chi connectivity index (χ0v) is 21.0. The van der Waals surface area contributed by atoms with E-state index in [1.807, 2.05) is 78.9 Å². The van der Waals surface area contributed by atoms with Gasteiger partial charge in [-0.15, -0.1) is 11.8 Å². The van der Waals surface area contributed by atoms with Crippen LogP contribution in [-0.2, 0) is 4.79 Å². The Morgan fingerprint density at radius 3 is 2.21 bits per heavy atom. The van der Waals surface area contributed by atoms with Gasteiger partial charge >= 0.3 is 0 Å². The molecule has 0 bridgehead atoms. The van der Waals surface area contributed by atoms with Crippen molar-refractivity contribution in [1.29, 1.82) is 0 Å². The number of amides is 2. The molecular formula is C27H20BrClN2O2S. The highest BCUT2D eigenvalue weighted by Gasteiger charge is 2.23. The molecule has 0 aliphatic rings. The van der Waals surface area contributed by atoms with E-state index in [-0.39, 0.29) is 11.8 Å². The molecule has 34 heavy (non-hydrogen) atoms. The first-order valence-corrected chi connectivity index (χ1v) is 12.5. The van der Waals surface area contributed by atoms with E-state index in [0.29, 0.717) is 22.0 Å². The predicted octanol–water partition coefficient (Wildman–Crippen LogP) is 7.83. The molecule has 170 valence electrons. The summed E-state index contributed by atoms with van der Waals surface area (Å²) in [5, 5.41) is 5.93. The van der Waals surface area contributed by atoms with Gasteiger partial charge in [-0.2, -0.15) is 0 Å². The van der Waals surface area contributed by atoms with Crippen LogP contribution >= 0.6 is 39.3 Å². The van der Waals surface area contributed by atoms with Gasteiger partial charge in [0.2, 0.25) is 5.91 Å². The zero-order valence-electron chi connectivity index (χ0n) is 17.9. The summed E-state index contributed by atoms with van der Waals surface area (Å²) in [5.41, 5.74) is 2.76. The highest BCUT2D eigenvalue weighted by Crippen LogP contribution is 2.37. The summed E-state index contributed by atoms with van der Waals surface area (Å²) in [6.45, 7) is 0. The number of halogens is 2. The summed E-state index contributed by atoms with van der Waals surface area (Å²) in [4.78, 5) is 26.6. The second-order valence-corrected chi connectivity index (χ2v) is 9.84. The molecule has 0 aliphatic carbocycles. The van der Waals surface area contributed by atoms with Crippen LogP contribution in [0.4, 0.5) is 11.4 Å². The second-order valence-electron chi connectivity index (χ2n) is 7.37. The highest BCUT2D eigenvalue weighted by molar-refractivity contribution is 9.10. The Hall–Kier alpha value is -3.06. The topological polar surface area (TPSA) is 58.2 Å². The number of rotatable bonds is 7. The van der Waals surface area contributed by atoms with Crippen molar-refractivity contribution in [2.45, 2.75) is 10.1 Å². The molecule has 0 fully saturated rings. The van der Waals surface area contributed by atoms with Gasteiger partial charge in [-0.1, -0.05) is 60.1 Å². The van der Waals surface area contributed by atoms with Gasteiger partial charge in [-0.3, -0.25) is 9.59 Å². The summed E-state index contributed by atoms with van der Waals surface area (Å²) >= 11 is 10.9. The highest BCUT2D eigenvalue weighted by atomic mass is 79.9. The second kappa shape index (κ2) is 11.4. The molecule has 2 amide bonds. The summed E-state index contributed by atoms with van der Waals surface area (Å²) < 4.78 is 0.819. The first kappa shape index (κ1) is 24.1. The van der Waals surface area contributed by atoms with Crippen LogP contribution in [0.1, 0.15) is 21.2 Å². The number of benzene rings is 4. The number of hydrogen-bond acceptors (Lipinski definition) is 3. The minimum atomic E-state index is -0.458. The maximum atomic E-state index is 13.2. The quantitative estimate of drug-likeness (QED) is 0.230. The van der Waals surface area contributed by atoms with Crippen molar-refractivity contribution in [3.8, 4) is 0 Å². The maximum Gasteiger partial charge on any atom is 0.255 e. The van der Waals surface area contributed by atoms with Crippen molar-refractivity contribution >= 4 is 62.5 Å². The monoisotopic (exact) mass is 550 g/mol. The lowest BCUT2D eigenvalue weighted by molar-refractivity contribution is -0.115. The molecule has 1 unspecified atom stereocenters. The van der Waals surface area contributed by atoms with Crippen LogP contribution in [-0.4, -0.2) is 11.8 Å². The Morgan fingerprint density at radius 2 is 1.50 bits per heavy atom. The van der Waals surface area contributed by atoms with Crippen LogP contribution in [0.2, 0.25) is 5.02 Å². The first-order chi connectivity index (χ1) is 16.5. The lowest BCUT2D eigenvalue weighted by Gasteiger charge is -2.18. The van der Waals surface area contributed by atoms with E-state index in [0.717, 1.165) is 14.9 Å². The Labute approximate surface area is 215 Å². The fourth-order valence-electron chi connectivity index (χ4n) is 3.25. The summed E-state index contributed by atoms with van der Waals surface area (Å²) in [6.07, 6.45) is 0. The minimum absolute atomic E-state index is 0.124. The van der Waals surface area contributed by atoms with E-state index in [1.54, 1.807) is 24.3 Å². The fraction of sp³-hybridized carbons (Fsp3) is 0.0370. The largest absolute Gasteiger partial charge is 0.324 e. The van der Waals surface area contributed by atoms with Crippen LogP contribution in [0.5, 0.6) is 0 Å². The van der Waals surface area contributed by atoms with Gasteiger partial charge in [0, 0.05) is 25.6 Å². The number of nitrogens with one attached hydrogen (secondary N) is 2. The first-order valence-electron chi connectivity index (χ1n) is 10.4. The number of carbonyl (C=O) groups excluding carboxylic acids is 2. The predicted molar refractivity (Wildman–Crippen MR) is 144 cm³/mol. The molecule has 7 heteroatoms. The third kappa shape index (κ3) is 6.29. The van der Waals surface area contributed by atoms with Gasteiger partial charge < -0.3 is 10.6 Å². The lowest BCUT2D eigenvalue weighted by atomic mass is 10.1. The van der Waals surface area contributed by atoms with Crippen LogP contribution in [0.25, 0.3) is 0 Å². The van der Waals surface area contributed by atoms with E-state index < -0.39 is 5.25 Å². The molecule has 0 heterocycles. The smallest absolute Gasteiger partial charge is 0.255 e. The molecule has 0 spiro atoms. The number of thioether (sulfide) groups is 1. The maximum absolute atomic E-state index is 13.2. The van der Waals surface area contributed by atoms with Gasteiger partial charge in [0.05, 0.1) is 5.69 Å². The molecule has 4 aromatic carbocycles. The van der Waals surface area contributed by atoms with Crippen LogP contribution in [0.3, 0.4) is 0 Å². The molecule has 2 N–H and O–H groups in total. The third-order valence-electron chi connectivity index (χ3n) is 4.93. The van der Waals surface area contributed by atoms with Crippen LogP contribution in [0, 0.1) is 0 Å². The number of hydrogen-bond donors (Lipinski definition) is 2. The van der Waals surface area contributed by atoms with Crippen molar-refractivity contribution in [2.24, 2.45) is 0 Å². The van der Waals surface area contributed by atoms with Crippen molar-refractivity contribution in [1.82, 2.24) is 0 Å². The van der Waals surface area contributed by atoms with Gasteiger partial charge in [0.15, 0.2) is 0 Å². The van der Waals surface area contributed by atoms with E-state index >= 15 is 0 Å². The Morgan fingerprint density at radius 1 is 0.794 bits per heavy atom. The summed E-state index contributed by atoms with van der Waals surface area (Å²) in [5.74, 6) is -0.362. The van der Waals surface area contributed by atoms with Crippen LogP contribution < -0.4 is 10.6 Å². The van der Waals surface area contributed by atoms with E-state index in [1.165, 1.54) is 11.8 Å². The Kier molecular flexibility index (Phi) is 8.06. The molecule has 0 aliphatic heterocycles. The molecule has 0 aromatic heterocycles. The number of carbonyl (C=O) groups is 2. The fourth-order valence-corrected chi connectivity index (χ4v) is 4.85. The molecule has 4 nitrogen and oxygen atoms in total. The molecular weight excluding hydrogens is 532 g/mol. The van der Waals surface area contributed by atoms with Crippen LogP contribution in [0.15, 0.2) is 112 Å². The molecule has 4 aromatic rings. The molecule has 4 rings (SSSR count). The molecule has 0 radical (unpaired) electrons. The normalized spacial score (nSPS) is 11.5. The molecule has 1 atom stereocenters. The molecule has 0 saturated heterocycles. The van der Waals surface area contributed by atoms with Crippen molar-refractivity contribution < 1.29 is 9.59 Å². The summed E-state index contributed by atoms with van der Waals surface area (Å²) in [6, 6.07) is 31.4. The Bertz CT molecular complexity index is 1300. The molecule has 0 saturated carbocycles. The Balaban J connectivity index is 1.49. The van der Waals surface area contributed by atoms with E-state index in [2.05, 4.69) is 26.6 Å². The number of anilines is 2. The third-order valence-corrected chi connectivity index (χ3v) is 7.12. The summed E-state index contributed by atoms with van der Waals surface area (Å²) in [7, 11) is 0. The average molecular weight is 552 g/mol. The van der Waals surface area contributed by atoms with E-state index in [9.17, 15) is 9.59 Å². The van der Waals surface area contributed by atoms with Gasteiger partial charge in [0.1, 0.15) is 5.25 Å². The minimum Gasteiger partial charge on any atom is -0.324 e. The van der Waals surface area contributed by atoms with Gasteiger partial charge in [0.25, 0.3) is 5.91 Å². The van der Waals surface area contributed by atoms with Crippen molar-refractivity contribution in [2.75, 3.05) is 10.6 Å². The average Bonchev–Trinajstić information content (AvgIpc) is 2.85. The van der Waals surface area contributed by atoms with Gasteiger partial charge in [-0.25, -0.2) is 0 Å². The zero-order chi connectivity index (χ0) is 23.9. The number of para-hydroxylation sites is 1. The van der Waals surface area contributed by atoms with Crippen molar-refractivity contribution in [3.05, 3.63) is 124 Å². The lowest BCUT2D eigenvalue weighted by Crippen LogP contribution is -2.19. The standard InChI is InChI=1S/C27H20BrClN2O2S/c28-23-11-4-5-12-24(23)31-27(33)25(18-7-2-1-3-8-18)34-22-15-13-21(14-16-22)30-26(32)19-9-6-10-20(29)17-19/h1-17,25H,(H,30,32)(H,31,33). The SMILES string of the molecule is O=C(Nc1ccc(SC(C(=O)Nc2ccccc2Br)c2ccccc2)cc1)c1cccc(Cl)c1.